The Kier molecular flexibility index (Phi) is 3.67. The van der Waals surface area contributed by atoms with Crippen molar-refractivity contribution < 1.29 is 17.0 Å². The molecule has 0 bridgehead atoms. The van der Waals surface area contributed by atoms with Crippen LogP contribution in [0.3, 0.4) is 0 Å². The maximum absolute atomic E-state index is 2.22. The molecule has 0 aliphatic carbocycles. The van der Waals surface area contributed by atoms with Crippen LogP contribution in [0.25, 0.3) is 5.69 Å². The molecule has 0 atom stereocenters. The lowest BCUT2D eigenvalue weighted by Gasteiger charge is -1.92. The summed E-state index contributed by atoms with van der Waals surface area (Å²) in [6, 6.07) is 10.4. The fraction of sp³-hybridized carbons (Fsp3) is 0.182. The van der Waals surface area contributed by atoms with E-state index in [0.29, 0.717) is 0 Å². The topological polar surface area (TPSA) is 3.88 Å². The van der Waals surface area contributed by atoms with Crippen molar-refractivity contribution in [2.75, 3.05) is 0 Å². The average molecular weight is 226 g/mol. The van der Waals surface area contributed by atoms with Crippen LogP contribution in [0.4, 0.5) is 0 Å². The summed E-state index contributed by atoms with van der Waals surface area (Å²) < 4.78 is 2.22. The van der Waals surface area contributed by atoms with Gasteiger partial charge >= 0.3 is 0 Å². The van der Waals surface area contributed by atoms with Gasteiger partial charge in [-0.05, 0) is 6.92 Å². The second kappa shape index (κ2) is 4.58. The molecular weight excluding hydrogens is 214 g/mol. The molecule has 3 heteroatoms. The zero-order valence-electron chi connectivity index (χ0n) is 8.20. The van der Waals surface area contributed by atoms with Gasteiger partial charge in [0.15, 0.2) is 5.69 Å². The summed E-state index contributed by atoms with van der Waals surface area (Å²) in [6.07, 6.45) is 0. The van der Waals surface area contributed by atoms with E-state index in [1.165, 1.54) is 16.3 Å². The van der Waals surface area contributed by atoms with Crippen molar-refractivity contribution in [3.8, 4) is 5.69 Å². The number of nitrogens with zero attached hydrogens (tertiary/aromatic N) is 1. The highest BCUT2D eigenvalue weighted by molar-refractivity contribution is 7.09. The predicted octanol–water partition coefficient (Wildman–Crippen LogP) is -0.354. The van der Waals surface area contributed by atoms with Crippen molar-refractivity contribution in [1.82, 2.24) is 0 Å². The van der Waals surface area contributed by atoms with Crippen molar-refractivity contribution in [3.05, 3.63) is 46.4 Å². The number of aromatic nitrogens is 1. The fourth-order valence-corrected chi connectivity index (χ4v) is 2.12. The van der Waals surface area contributed by atoms with E-state index in [-0.39, 0.29) is 12.4 Å². The van der Waals surface area contributed by atoms with Gasteiger partial charge < -0.3 is 12.4 Å². The molecular formula is C11H12ClNS. The van der Waals surface area contributed by atoms with Gasteiger partial charge in [0.05, 0.1) is 4.88 Å². The van der Waals surface area contributed by atoms with Gasteiger partial charge in [-0.1, -0.05) is 29.5 Å². The highest BCUT2D eigenvalue weighted by Crippen LogP contribution is 2.11. The quantitative estimate of drug-likeness (QED) is 0.584. The molecule has 0 aliphatic heterocycles. The maximum atomic E-state index is 2.22. The Morgan fingerprint density at radius 3 is 2.21 bits per heavy atom. The van der Waals surface area contributed by atoms with Crippen LogP contribution < -0.4 is 17.0 Å². The number of para-hydroxylation sites is 1. The molecule has 0 N–H and O–H groups in total. The van der Waals surface area contributed by atoms with Crippen LogP contribution in [0.15, 0.2) is 35.8 Å². The molecule has 0 amide bonds. The second-order valence-corrected chi connectivity index (χ2v) is 4.13. The normalized spacial score (nSPS) is 9.57. The van der Waals surface area contributed by atoms with Gasteiger partial charge in [-0.3, -0.25) is 0 Å². The highest BCUT2D eigenvalue weighted by atomic mass is 35.5. The van der Waals surface area contributed by atoms with Crippen molar-refractivity contribution in [3.63, 3.8) is 0 Å². The first-order valence-corrected chi connectivity index (χ1v) is 5.19. The summed E-state index contributed by atoms with van der Waals surface area (Å²) in [5.41, 5.74) is 4.72. The van der Waals surface area contributed by atoms with E-state index in [1.807, 2.05) is 6.07 Å². The Labute approximate surface area is 94.4 Å². The van der Waals surface area contributed by atoms with Crippen LogP contribution in [0.1, 0.15) is 10.6 Å². The number of halogens is 1. The minimum atomic E-state index is 0. The zero-order chi connectivity index (χ0) is 9.26. The number of benzene rings is 1. The van der Waals surface area contributed by atoms with E-state index in [4.69, 9.17) is 0 Å². The van der Waals surface area contributed by atoms with Crippen molar-refractivity contribution in [1.29, 1.82) is 0 Å². The SMILES string of the molecule is Cc1sc[n+](-c2ccccc2)c1C.[Cl-]. The average Bonchev–Trinajstić information content (AvgIpc) is 2.49. The number of thiazole rings is 1. The van der Waals surface area contributed by atoms with Gasteiger partial charge in [0.1, 0.15) is 0 Å². The minimum Gasteiger partial charge on any atom is -1.00 e. The summed E-state index contributed by atoms with van der Waals surface area (Å²) in [5.74, 6) is 0. The molecule has 2 rings (SSSR count). The number of rotatable bonds is 1. The predicted molar refractivity (Wildman–Crippen MR) is 55.3 cm³/mol. The van der Waals surface area contributed by atoms with Crippen LogP contribution in [-0.4, -0.2) is 0 Å². The van der Waals surface area contributed by atoms with Crippen LogP contribution in [0.2, 0.25) is 0 Å². The molecule has 0 radical (unpaired) electrons. The van der Waals surface area contributed by atoms with Gasteiger partial charge in [0.25, 0.3) is 0 Å². The van der Waals surface area contributed by atoms with E-state index in [2.05, 4.69) is 48.2 Å². The summed E-state index contributed by atoms with van der Waals surface area (Å²) in [5, 5.41) is 0. The molecule has 0 fully saturated rings. The third kappa shape index (κ3) is 1.97. The lowest BCUT2D eigenvalue weighted by molar-refractivity contribution is -0.597. The van der Waals surface area contributed by atoms with Gasteiger partial charge in [-0.2, -0.15) is 4.57 Å². The van der Waals surface area contributed by atoms with Crippen molar-refractivity contribution >= 4 is 11.3 Å². The largest absolute Gasteiger partial charge is 1.00 e. The van der Waals surface area contributed by atoms with E-state index in [1.54, 1.807) is 11.3 Å². The third-order valence-electron chi connectivity index (χ3n) is 2.24. The first kappa shape index (κ1) is 11.2. The molecule has 0 spiro atoms. The monoisotopic (exact) mass is 225 g/mol. The Morgan fingerprint density at radius 2 is 1.71 bits per heavy atom. The summed E-state index contributed by atoms with van der Waals surface area (Å²) in [6.45, 7) is 4.30. The Bertz CT molecular complexity index is 408. The number of hydrogen-bond acceptors (Lipinski definition) is 1. The van der Waals surface area contributed by atoms with E-state index in [0.717, 1.165) is 0 Å². The number of aryl methyl sites for hydroxylation is 1. The standard InChI is InChI=1S/C11H12NS.ClH/c1-9-10(2)13-8-12(9)11-6-4-3-5-7-11;/h3-8H,1-2H3;1H/q+1;/p-1. The Morgan fingerprint density at radius 1 is 1.07 bits per heavy atom. The molecule has 0 unspecified atom stereocenters. The third-order valence-corrected chi connectivity index (χ3v) is 3.21. The van der Waals surface area contributed by atoms with E-state index in [9.17, 15) is 0 Å². The van der Waals surface area contributed by atoms with Gasteiger partial charge in [0, 0.05) is 19.1 Å². The van der Waals surface area contributed by atoms with E-state index < -0.39 is 0 Å². The molecule has 74 valence electrons. The summed E-state index contributed by atoms with van der Waals surface area (Å²) >= 11 is 1.79. The van der Waals surface area contributed by atoms with Crippen LogP contribution >= 0.6 is 11.3 Å². The molecule has 0 aliphatic rings. The van der Waals surface area contributed by atoms with Crippen LogP contribution in [0.5, 0.6) is 0 Å². The molecule has 2 aromatic rings. The Hall–Kier alpha value is -0.860. The molecule has 0 saturated carbocycles. The van der Waals surface area contributed by atoms with Gasteiger partial charge in [-0.15, -0.1) is 0 Å². The first-order chi connectivity index (χ1) is 6.29. The summed E-state index contributed by atoms with van der Waals surface area (Å²) in [4.78, 5) is 1.38. The second-order valence-electron chi connectivity index (χ2n) is 3.07. The molecule has 1 nitrogen and oxygen atoms in total. The van der Waals surface area contributed by atoms with Crippen molar-refractivity contribution in [2.45, 2.75) is 13.8 Å². The van der Waals surface area contributed by atoms with Crippen LogP contribution in [-0.2, 0) is 0 Å². The molecule has 0 saturated heterocycles. The van der Waals surface area contributed by atoms with Crippen molar-refractivity contribution in [2.24, 2.45) is 0 Å². The molecule has 1 heterocycles. The zero-order valence-corrected chi connectivity index (χ0v) is 9.77. The molecule has 1 aromatic carbocycles. The fourth-order valence-electron chi connectivity index (χ4n) is 1.31. The highest BCUT2D eigenvalue weighted by Gasteiger charge is 2.13. The smallest absolute Gasteiger partial charge is 0.231 e. The van der Waals surface area contributed by atoms with Crippen LogP contribution in [0, 0.1) is 13.8 Å². The number of hydrogen-bond donors (Lipinski definition) is 0. The van der Waals surface area contributed by atoms with Gasteiger partial charge in [-0.25, -0.2) is 0 Å². The van der Waals surface area contributed by atoms with Gasteiger partial charge in [0.2, 0.25) is 11.2 Å². The summed E-state index contributed by atoms with van der Waals surface area (Å²) in [7, 11) is 0. The molecule has 14 heavy (non-hydrogen) atoms. The van der Waals surface area contributed by atoms with E-state index >= 15 is 0 Å². The lowest BCUT2D eigenvalue weighted by Crippen LogP contribution is -3.00. The lowest BCUT2D eigenvalue weighted by atomic mass is 10.3. The maximum Gasteiger partial charge on any atom is 0.231 e. The minimum absolute atomic E-state index is 0. The first-order valence-electron chi connectivity index (χ1n) is 4.31. The Balaban J connectivity index is 0.000000980. The molecule has 1 aromatic heterocycles.